The second-order valence-electron chi connectivity index (χ2n) is 5.20. The van der Waals surface area contributed by atoms with E-state index >= 15 is 0 Å². The third kappa shape index (κ3) is 3.72. The van der Waals surface area contributed by atoms with Crippen molar-refractivity contribution in [3.63, 3.8) is 0 Å². The Bertz CT molecular complexity index is 388. The molecule has 0 aromatic heterocycles. The summed E-state index contributed by atoms with van der Waals surface area (Å²) in [6.07, 6.45) is 4.97. The van der Waals surface area contributed by atoms with E-state index in [-0.39, 0.29) is 0 Å². The van der Waals surface area contributed by atoms with E-state index in [1.165, 1.54) is 37.1 Å². The Kier molecular flexibility index (Phi) is 5.07. The quantitative estimate of drug-likeness (QED) is 0.834. The minimum absolute atomic E-state index is 0.715. The summed E-state index contributed by atoms with van der Waals surface area (Å²) in [4.78, 5) is 2.55. The van der Waals surface area contributed by atoms with Gasteiger partial charge in [0.05, 0.1) is 0 Å². The first-order chi connectivity index (χ1) is 8.74. The van der Waals surface area contributed by atoms with Crippen molar-refractivity contribution < 1.29 is 0 Å². The Morgan fingerprint density at radius 3 is 2.78 bits per heavy atom. The number of nitrogens with zero attached hydrogens (tertiary/aromatic N) is 1. The molecule has 100 valence electrons. The average Bonchev–Trinajstić information content (AvgIpc) is 3.13. The first kappa shape index (κ1) is 13.9. The van der Waals surface area contributed by atoms with Crippen LogP contribution in [0.1, 0.15) is 31.7 Å². The maximum atomic E-state index is 5.73. The molecule has 2 N–H and O–H groups in total. The van der Waals surface area contributed by atoms with Gasteiger partial charge in [-0.15, -0.1) is 0 Å². The van der Waals surface area contributed by atoms with Gasteiger partial charge in [0, 0.05) is 23.2 Å². The van der Waals surface area contributed by atoms with Crippen molar-refractivity contribution in [1.29, 1.82) is 0 Å². The van der Waals surface area contributed by atoms with E-state index in [1.54, 1.807) is 0 Å². The van der Waals surface area contributed by atoms with Crippen LogP contribution in [-0.4, -0.2) is 19.6 Å². The summed E-state index contributed by atoms with van der Waals surface area (Å²) in [6.45, 7) is 5.33. The molecule has 0 radical (unpaired) electrons. The van der Waals surface area contributed by atoms with Crippen molar-refractivity contribution in [2.45, 2.75) is 32.6 Å². The van der Waals surface area contributed by atoms with Gasteiger partial charge in [-0.1, -0.05) is 22.9 Å². The van der Waals surface area contributed by atoms with Crippen LogP contribution in [0.3, 0.4) is 0 Å². The molecule has 2 rings (SSSR count). The largest absolute Gasteiger partial charge is 0.371 e. The molecule has 1 aliphatic rings. The van der Waals surface area contributed by atoms with Crippen molar-refractivity contribution in [2.24, 2.45) is 11.7 Å². The lowest BCUT2D eigenvalue weighted by molar-refractivity contribution is 0.704. The predicted molar refractivity (Wildman–Crippen MR) is 82.1 cm³/mol. The molecule has 1 aliphatic carbocycles. The molecule has 0 unspecified atom stereocenters. The molecule has 0 bridgehead atoms. The molecule has 0 spiro atoms. The Balaban J connectivity index is 2.20. The van der Waals surface area contributed by atoms with Gasteiger partial charge >= 0.3 is 0 Å². The summed E-state index contributed by atoms with van der Waals surface area (Å²) in [5.74, 6) is 0.922. The van der Waals surface area contributed by atoms with Gasteiger partial charge in [0.15, 0.2) is 0 Å². The molecule has 18 heavy (non-hydrogen) atoms. The lowest BCUT2D eigenvalue weighted by atomic mass is 10.1. The third-order valence-electron chi connectivity index (χ3n) is 3.46. The normalized spacial score (nSPS) is 14.8. The molecule has 0 atom stereocenters. The fourth-order valence-electron chi connectivity index (χ4n) is 2.41. The van der Waals surface area contributed by atoms with E-state index in [1.807, 2.05) is 0 Å². The maximum absolute atomic E-state index is 5.73. The van der Waals surface area contributed by atoms with E-state index in [4.69, 9.17) is 5.73 Å². The second-order valence-corrected chi connectivity index (χ2v) is 6.12. The van der Waals surface area contributed by atoms with Crippen LogP contribution < -0.4 is 10.6 Å². The molecular formula is C15H23BrN2. The van der Waals surface area contributed by atoms with Crippen LogP contribution >= 0.6 is 15.9 Å². The Morgan fingerprint density at radius 2 is 2.17 bits per heavy atom. The molecule has 0 saturated heterocycles. The van der Waals surface area contributed by atoms with Gasteiger partial charge in [-0.3, -0.25) is 0 Å². The van der Waals surface area contributed by atoms with Crippen molar-refractivity contribution in [3.8, 4) is 0 Å². The van der Waals surface area contributed by atoms with E-state index < -0.39 is 0 Å². The first-order valence-electron chi connectivity index (χ1n) is 6.98. The van der Waals surface area contributed by atoms with Crippen molar-refractivity contribution >= 4 is 21.6 Å². The Hall–Kier alpha value is -0.540. The molecule has 0 aliphatic heterocycles. The zero-order chi connectivity index (χ0) is 13.0. The first-order valence-corrected chi connectivity index (χ1v) is 7.77. The molecule has 1 aromatic carbocycles. The van der Waals surface area contributed by atoms with Gasteiger partial charge in [-0.05, 0) is 61.9 Å². The average molecular weight is 311 g/mol. The lowest BCUT2D eigenvalue weighted by Crippen LogP contribution is -2.27. The van der Waals surface area contributed by atoms with Crippen molar-refractivity contribution in [2.75, 3.05) is 24.5 Å². The second kappa shape index (κ2) is 6.58. The van der Waals surface area contributed by atoms with Gasteiger partial charge in [0.25, 0.3) is 0 Å². The standard InChI is InChI=1S/C15H23BrN2/c1-2-9-18(11-12-3-4-12)15-6-5-14(16)10-13(15)7-8-17/h5-6,10,12H,2-4,7-9,11,17H2,1H3. The van der Waals surface area contributed by atoms with Crippen molar-refractivity contribution in [1.82, 2.24) is 0 Å². The minimum atomic E-state index is 0.715. The summed E-state index contributed by atoms with van der Waals surface area (Å²) in [7, 11) is 0. The fraction of sp³-hybridized carbons (Fsp3) is 0.600. The molecule has 0 heterocycles. The number of nitrogens with two attached hydrogens (primary N) is 1. The molecule has 1 aromatic rings. The monoisotopic (exact) mass is 310 g/mol. The smallest absolute Gasteiger partial charge is 0.0400 e. The van der Waals surface area contributed by atoms with Crippen LogP contribution in [-0.2, 0) is 6.42 Å². The number of benzene rings is 1. The summed E-state index contributed by atoms with van der Waals surface area (Å²) in [6, 6.07) is 6.61. The zero-order valence-electron chi connectivity index (χ0n) is 11.2. The van der Waals surface area contributed by atoms with Gasteiger partial charge in [-0.2, -0.15) is 0 Å². The van der Waals surface area contributed by atoms with E-state index in [0.29, 0.717) is 6.54 Å². The van der Waals surface area contributed by atoms with Gasteiger partial charge in [0.1, 0.15) is 0 Å². The predicted octanol–water partition coefficient (Wildman–Crippen LogP) is 3.58. The number of hydrogen-bond donors (Lipinski definition) is 1. The molecule has 3 heteroatoms. The molecular weight excluding hydrogens is 288 g/mol. The van der Waals surface area contributed by atoms with Crippen molar-refractivity contribution in [3.05, 3.63) is 28.2 Å². The number of anilines is 1. The maximum Gasteiger partial charge on any atom is 0.0400 e. The number of halogens is 1. The van der Waals surface area contributed by atoms with Crippen LogP contribution in [0.5, 0.6) is 0 Å². The number of hydrogen-bond acceptors (Lipinski definition) is 2. The van der Waals surface area contributed by atoms with Gasteiger partial charge < -0.3 is 10.6 Å². The summed E-state index contributed by atoms with van der Waals surface area (Å²) in [5.41, 5.74) is 8.50. The van der Waals surface area contributed by atoms with E-state index in [9.17, 15) is 0 Å². The van der Waals surface area contributed by atoms with Crippen LogP contribution in [0.25, 0.3) is 0 Å². The molecule has 1 saturated carbocycles. The van der Waals surface area contributed by atoms with Gasteiger partial charge in [0.2, 0.25) is 0 Å². The Morgan fingerprint density at radius 1 is 1.39 bits per heavy atom. The Labute approximate surface area is 119 Å². The molecule has 0 amide bonds. The van der Waals surface area contributed by atoms with Crippen LogP contribution in [0.4, 0.5) is 5.69 Å². The minimum Gasteiger partial charge on any atom is -0.371 e. The number of rotatable bonds is 7. The summed E-state index contributed by atoms with van der Waals surface area (Å²) in [5, 5.41) is 0. The van der Waals surface area contributed by atoms with Gasteiger partial charge in [-0.25, -0.2) is 0 Å². The topological polar surface area (TPSA) is 29.3 Å². The summed E-state index contributed by atoms with van der Waals surface area (Å²) >= 11 is 3.56. The van der Waals surface area contributed by atoms with Crippen LogP contribution in [0, 0.1) is 5.92 Å². The SMILES string of the molecule is CCCN(CC1CC1)c1ccc(Br)cc1CCN. The van der Waals surface area contributed by atoms with E-state index in [2.05, 4.69) is 46.0 Å². The lowest BCUT2D eigenvalue weighted by Gasteiger charge is -2.27. The third-order valence-corrected chi connectivity index (χ3v) is 3.96. The van der Waals surface area contributed by atoms with Crippen LogP contribution in [0.2, 0.25) is 0 Å². The zero-order valence-corrected chi connectivity index (χ0v) is 12.7. The summed E-state index contributed by atoms with van der Waals surface area (Å²) < 4.78 is 1.15. The highest BCUT2D eigenvalue weighted by Crippen LogP contribution is 2.33. The molecule has 1 fully saturated rings. The fourth-order valence-corrected chi connectivity index (χ4v) is 2.82. The molecule has 2 nitrogen and oxygen atoms in total. The highest BCUT2D eigenvalue weighted by molar-refractivity contribution is 9.10. The van der Waals surface area contributed by atoms with Crippen LogP contribution in [0.15, 0.2) is 22.7 Å². The highest BCUT2D eigenvalue weighted by atomic mass is 79.9. The highest BCUT2D eigenvalue weighted by Gasteiger charge is 2.25. The van der Waals surface area contributed by atoms with E-state index in [0.717, 1.165) is 23.4 Å².